The highest BCUT2D eigenvalue weighted by Crippen LogP contribution is 2.44. The summed E-state index contributed by atoms with van der Waals surface area (Å²) in [5.74, 6) is -1.40. The van der Waals surface area contributed by atoms with Crippen molar-refractivity contribution < 1.29 is 24.2 Å². The molecule has 2 aromatic carbocycles. The van der Waals surface area contributed by atoms with E-state index in [-0.39, 0.29) is 31.4 Å². The van der Waals surface area contributed by atoms with Crippen LogP contribution in [0.1, 0.15) is 64.5 Å². The quantitative estimate of drug-likeness (QED) is 0.583. The largest absolute Gasteiger partial charge is 0.481 e. The maximum atomic E-state index is 13.4. The monoisotopic (exact) mass is 466 g/mol. The second-order valence-corrected chi connectivity index (χ2v) is 9.91. The highest BCUT2D eigenvalue weighted by Gasteiger charge is 2.41. The molecule has 0 aromatic heterocycles. The molecule has 2 N–H and O–H groups in total. The third-order valence-corrected chi connectivity index (χ3v) is 6.50. The number of amides is 2. The van der Waals surface area contributed by atoms with Crippen molar-refractivity contribution in [2.45, 2.75) is 64.5 Å². The van der Waals surface area contributed by atoms with Crippen molar-refractivity contribution in [2.75, 3.05) is 13.2 Å². The van der Waals surface area contributed by atoms with Gasteiger partial charge in [-0.2, -0.15) is 0 Å². The van der Waals surface area contributed by atoms with Crippen LogP contribution < -0.4 is 5.32 Å². The molecule has 0 bridgehead atoms. The van der Waals surface area contributed by atoms with Crippen LogP contribution in [0.15, 0.2) is 48.5 Å². The van der Waals surface area contributed by atoms with Crippen LogP contribution in [0.2, 0.25) is 0 Å². The van der Waals surface area contributed by atoms with Gasteiger partial charge in [0.2, 0.25) is 5.91 Å². The van der Waals surface area contributed by atoms with Gasteiger partial charge in [0.05, 0.1) is 6.42 Å². The molecular weight excluding hydrogens is 432 g/mol. The maximum absolute atomic E-state index is 13.4. The predicted molar refractivity (Wildman–Crippen MR) is 131 cm³/mol. The van der Waals surface area contributed by atoms with E-state index in [1.54, 1.807) is 13.8 Å². The number of aliphatic carboxylic acids is 1. The number of carboxylic acids is 1. The molecular formula is C27H34N2O5. The third kappa shape index (κ3) is 5.24. The number of carboxylic acid groups (broad SMARTS) is 1. The summed E-state index contributed by atoms with van der Waals surface area (Å²) >= 11 is 0. The number of carbonyl (C=O) groups excluding carboxylic acids is 2. The Kier molecular flexibility index (Phi) is 7.34. The normalized spacial score (nSPS) is 14.5. The number of nitrogens with zero attached hydrogens (tertiary/aromatic N) is 1. The van der Waals surface area contributed by atoms with Crippen LogP contribution >= 0.6 is 0 Å². The van der Waals surface area contributed by atoms with Gasteiger partial charge in [-0.15, -0.1) is 0 Å². The smallest absolute Gasteiger partial charge is 0.408 e. The molecule has 1 unspecified atom stereocenters. The van der Waals surface area contributed by atoms with E-state index in [4.69, 9.17) is 9.84 Å². The zero-order valence-corrected chi connectivity index (χ0v) is 20.6. The van der Waals surface area contributed by atoms with Gasteiger partial charge in [0.1, 0.15) is 12.1 Å². The third-order valence-electron chi connectivity index (χ3n) is 6.50. The first kappa shape index (κ1) is 25.3. The van der Waals surface area contributed by atoms with Gasteiger partial charge in [0, 0.05) is 18.0 Å². The second kappa shape index (κ2) is 9.87. The Morgan fingerprint density at radius 2 is 1.50 bits per heavy atom. The molecule has 7 heteroatoms. The first-order valence-corrected chi connectivity index (χ1v) is 11.6. The minimum Gasteiger partial charge on any atom is -0.481 e. The van der Waals surface area contributed by atoms with Crippen molar-refractivity contribution in [3.63, 3.8) is 0 Å². The Labute approximate surface area is 201 Å². The molecule has 1 atom stereocenters. The van der Waals surface area contributed by atoms with E-state index in [2.05, 4.69) is 17.4 Å². The van der Waals surface area contributed by atoms with Crippen molar-refractivity contribution in [3.8, 4) is 11.1 Å². The number of rotatable bonds is 8. The standard InChI is InChI=1S/C27H34N2O5/c1-6-27(5,24(32)29(26(2,3)4)16-15-23(30)31)28-25(33)34-17-22-20-13-9-7-11-18(20)19-12-8-10-14-21(19)22/h7-14,22H,6,15-17H2,1-5H3,(H,28,33)(H,30,31). The Hall–Kier alpha value is -3.35. The summed E-state index contributed by atoms with van der Waals surface area (Å²) in [6.45, 7) is 9.19. The van der Waals surface area contributed by atoms with E-state index >= 15 is 0 Å². The predicted octanol–water partition coefficient (Wildman–Crippen LogP) is 4.80. The number of hydrogen-bond acceptors (Lipinski definition) is 4. The van der Waals surface area contributed by atoms with Crippen LogP contribution in [0.5, 0.6) is 0 Å². The van der Waals surface area contributed by atoms with Crippen LogP contribution in [-0.2, 0) is 14.3 Å². The Bertz CT molecular complexity index is 1030. The van der Waals surface area contributed by atoms with Gasteiger partial charge < -0.3 is 20.1 Å². The SMILES string of the molecule is CCC(C)(NC(=O)OCC1c2ccccc2-c2ccccc21)C(=O)N(CCC(=O)O)C(C)(C)C. The van der Waals surface area contributed by atoms with Crippen molar-refractivity contribution >= 4 is 18.0 Å². The topological polar surface area (TPSA) is 95.9 Å². The van der Waals surface area contributed by atoms with Crippen molar-refractivity contribution in [1.82, 2.24) is 10.2 Å². The average Bonchev–Trinajstić information content (AvgIpc) is 3.10. The lowest BCUT2D eigenvalue weighted by Crippen LogP contribution is -2.61. The minimum absolute atomic E-state index is 0.0552. The highest BCUT2D eigenvalue weighted by molar-refractivity contribution is 5.90. The van der Waals surface area contributed by atoms with E-state index < -0.39 is 23.1 Å². The number of hydrogen-bond donors (Lipinski definition) is 2. The molecule has 0 fully saturated rings. The van der Waals surface area contributed by atoms with E-state index in [9.17, 15) is 14.4 Å². The first-order valence-electron chi connectivity index (χ1n) is 11.6. The summed E-state index contributed by atoms with van der Waals surface area (Å²) in [4.78, 5) is 38.9. The fourth-order valence-electron chi connectivity index (χ4n) is 4.40. The van der Waals surface area contributed by atoms with Crippen LogP contribution in [0, 0.1) is 0 Å². The van der Waals surface area contributed by atoms with Crippen LogP contribution in [0.25, 0.3) is 11.1 Å². The number of ether oxygens (including phenoxy) is 1. The molecule has 1 aliphatic carbocycles. The summed E-state index contributed by atoms with van der Waals surface area (Å²) < 4.78 is 5.64. The molecule has 3 rings (SSSR count). The summed E-state index contributed by atoms with van der Waals surface area (Å²) in [5.41, 5.74) is 2.66. The van der Waals surface area contributed by atoms with Gasteiger partial charge in [-0.1, -0.05) is 55.5 Å². The number of alkyl carbamates (subject to hydrolysis) is 1. The van der Waals surface area contributed by atoms with Crippen LogP contribution in [-0.4, -0.2) is 52.2 Å². The number of nitrogens with one attached hydrogen (secondary N) is 1. The lowest BCUT2D eigenvalue weighted by atomic mass is 9.93. The van der Waals surface area contributed by atoms with Crippen molar-refractivity contribution in [1.29, 1.82) is 0 Å². The zero-order valence-electron chi connectivity index (χ0n) is 20.6. The summed E-state index contributed by atoms with van der Waals surface area (Å²) in [6.07, 6.45) is -0.518. The van der Waals surface area contributed by atoms with Crippen LogP contribution in [0.3, 0.4) is 0 Å². The Balaban J connectivity index is 1.73. The van der Waals surface area contributed by atoms with Gasteiger partial charge in [-0.3, -0.25) is 9.59 Å². The van der Waals surface area contributed by atoms with Gasteiger partial charge in [-0.25, -0.2) is 4.79 Å². The minimum atomic E-state index is -1.23. The van der Waals surface area contributed by atoms with Gasteiger partial charge in [-0.05, 0) is 56.4 Å². The van der Waals surface area contributed by atoms with E-state index in [1.807, 2.05) is 57.2 Å². The number of benzene rings is 2. The van der Waals surface area contributed by atoms with Gasteiger partial charge in [0.15, 0.2) is 0 Å². The molecule has 0 aliphatic heterocycles. The van der Waals surface area contributed by atoms with E-state index in [0.29, 0.717) is 6.42 Å². The van der Waals surface area contributed by atoms with Gasteiger partial charge in [0.25, 0.3) is 0 Å². The second-order valence-electron chi connectivity index (χ2n) is 9.91. The average molecular weight is 467 g/mol. The molecule has 0 saturated heterocycles. The Morgan fingerprint density at radius 3 is 1.97 bits per heavy atom. The summed E-state index contributed by atoms with van der Waals surface area (Å²) in [5, 5.41) is 11.9. The number of fused-ring (bicyclic) bond motifs is 3. The fourth-order valence-corrected chi connectivity index (χ4v) is 4.40. The zero-order chi connectivity index (χ0) is 25.1. The van der Waals surface area contributed by atoms with Crippen molar-refractivity contribution in [3.05, 3.63) is 59.7 Å². The van der Waals surface area contributed by atoms with Crippen molar-refractivity contribution in [2.24, 2.45) is 0 Å². The van der Waals surface area contributed by atoms with E-state index in [1.165, 1.54) is 4.90 Å². The summed E-state index contributed by atoms with van der Waals surface area (Å²) in [7, 11) is 0. The molecule has 182 valence electrons. The molecule has 7 nitrogen and oxygen atoms in total. The number of carbonyl (C=O) groups is 3. The maximum Gasteiger partial charge on any atom is 0.408 e. The molecule has 0 spiro atoms. The molecule has 0 saturated carbocycles. The molecule has 34 heavy (non-hydrogen) atoms. The lowest BCUT2D eigenvalue weighted by Gasteiger charge is -2.41. The summed E-state index contributed by atoms with van der Waals surface area (Å²) in [6, 6.07) is 16.2. The molecule has 1 aliphatic rings. The molecule has 0 radical (unpaired) electrons. The first-order chi connectivity index (χ1) is 16.0. The lowest BCUT2D eigenvalue weighted by molar-refractivity contribution is -0.145. The molecule has 2 amide bonds. The fraction of sp³-hybridized carbons (Fsp3) is 0.444. The highest BCUT2D eigenvalue weighted by atomic mass is 16.5. The van der Waals surface area contributed by atoms with Crippen LogP contribution in [0.4, 0.5) is 4.79 Å². The Morgan fingerprint density at radius 1 is 0.971 bits per heavy atom. The van der Waals surface area contributed by atoms with Gasteiger partial charge >= 0.3 is 12.1 Å². The molecule has 2 aromatic rings. The van der Waals surface area contributed by atoms with E-state index in [0.717, 1.165) is 22.3 Å². The molecule has 0 heterocycles.